The number of hydrogen-bond donors (Lipinski definition) is 1. The Hall–Kier alpha value is -2.49. The predicted octanol–water partition coefficient (Wildman–Crippen LogP) is 2.83. The largest absolute Gasteiger partial charge is 0.338 e. The molecule has 0 aromatic heterocycles. The van der Waals surface area contributed by atoms with Crippen molar-refractivity contribution in [3.63, 3.8) is 0 Å². The molecule has 0 bridgehead atoms. The highest BCUT2D eigenvalue weighted by molar-refractivity contribution is 5.88. The minimum atomic E-state index is -0.908. The van der Waals surface area contributed by atoms with Crippen molar-refractivity contribution in [1.82, 2.24) is 10.2 Å². The Labute approximate surface area is 162 Å². The lowest BCUT2D eigenvalue weighted by atomic mass is 9.77. The maximum absolute atomic E-state index is 13.6. The van der Waals surface area contributed by atoms with Crippen molar-refractivity contribution in [3.8, 4) is 6.07 Å². The van der Waals surface area contributed by atoms with E-state index in [1.165, 1.54) is 12.1 Å². The van der Waals surface area contributed by atoms with Crippen molar-refractivity contribution in [2.24, 2.45) is 11.8 Å². The number of fused-ring (bicyclic) bond motifs is 1. The van der Waals surface area contributed by atoms with Crippen molar-refractivity contribution in [1.29, 1.82) is 5.26 Å². The molecule has 2 fully saturated rings. The van der Waals surface area contributed by atoms with Gasteiger partial charge in [0.05, 0.1) is 6.07 Å². The van der Waals surface area contributed by atoms with Crippen LogP contribution in [0, 0.1) is 34.8 Å². The molecule has 2 aliphatic carbocycles. The van der Waals surface area contributed by atoms with Gasteiger partial charge in [0.1, 0.15) is 5.54 Å². The van der Waals surface area contributed by atoms with Crippen molar-refractivity contribution in [2.45, 2.75) is 57.0 Å². The van der Waals surface area contributed by atoms with E-state index in [1.54, 1.807) is 4.90 Å². The van der Waals surface area contributed by atoms with Gasteiger partial charge in [-0.3, -0.25) is 9.59 Å². The first-order valence-corrected chi connectivity index (χ1v) is 9.91. The third kappa shape index (κ3) is 3.48. The Morgan fingerprint density at radius 3 is 2.39 bits per heavy atom. The normalized spacial score (nSPS) is 25.4. The van der Waals surface area contributed by atoms with Crippen LogP contribution in [0.2, 0.25) is 0 Å². The van der Waals surface area contributed by atoms with E-state index in [2.05, 4.69) is 11.4 Å². The van der Waals surface area contributed by atoms with Crippen molar-refractivity contribution in [3.05, 3.63) is 34.9 Å². The van der Waals surface area contributed by atoms with Gasteiger partial charge in [-0.1, -0.05) is 12.8 Å². The van der Waals surface area contributed by atoms with Crippen LogP contribution in [0.1, 0.15) is 49.7 Å². The molecule has 0 spiro atoms. The zero-order valence-electron chi connectivity index (χ0n) is 15.6. The van der Waals surface area contributed by atoms with E-state index < -0.39 is 29.0 Å². The zero-order valence-corrected chi connectivity index (χ0v) is 15.6. The van der Waals surface area contributed by atoms with E-state index >= 15 is 0 Å². The summed E-state index contributed by atoms with van der Waals surface area (Å²) in [6.07, 6.45) is 4.82. The van der Waals surface area contributed by atoms with Crippen molar-refractivity contribution in [2.75, 3.05) is 6.54 Å². The van der Waals surface area contributed by atoms with Crippen LogP contribution < -0.4 is 5.32 Å². The molecule has 2 amide bonds. The Bertz CT molecular complexity index is 860. The first-order chi connectivity index (χ1) is 13.4. The number of carbonyl (C=O) groups is 2. The minimum Gasteiger partial charge on any atom is -0.338 e. The number of hydrogen-bond acceptors (Lipinski definition) is 3. The lowest BCUT2D eigenvalue weighted by Crippen LogP contribution is -2.48. The molecule has 0 saturated heterocycles. The number of nitrogens with one attached hydrogen (secondary N) is 1. The molecular weight excluding hydrogens is 364 g/mol. The van der Waals surface area contributed by atoms with Crippen LogP contribution >= 0.6 is 0 Å². The van der Waals surface area contributed by atoms with Crippen LogP contribution in [0.5, 0.6) is 0 Å². The van der Waals surface area contributed by atoms with Crippen LogP contribution in [0.3, 0.4) is 0 Å². The van der Waals surface area contributed by atoms with Crippen LogP contribution in [-0.2, 0) is 22.6 Å². The second kappa shape index (κ2) is 7.16. The standard InChI is InChI=1S/C21H23F2N3O2/c22-17-9-13-5-8-26(11-14(13)10-18(17)23)20(28)16-4-2-1-3-15(16)19(27)25-21(12-24)6-7-21/h9-10,15-16H,1-8,11H2,(H,25,27)/t15-,16-/m1/s1. The fraction of sp³-hybridized carbons (Fsp3) is 0.571. The third-order valence-electron chi connectivity index (χ3n) is 6.31. The van der Waals surface area contributed by atoms with E-state index in [-0.39, 0.29) is 18.4 Å². The summed E-state index contributed by atoms with van der Waals surface area (Å²) >= 11 is 0. The van der Waals surface area contributed by atoms with Crippen molar-refractivity contribution >= 4 is 11.8 Å². The van der Waals surface area contributed by atoms with Crippen LogP contribution in [0.15, 0.2) is 12.1 Å². The summed E-state index contributed by atoms with van der Waals surface area (Å²) in [7, 11) is 0. The topological polar surface area (TPSA) is 73.2 Å². The smallest absolute Gasteiger partial charge is 0.226 e. The predicted molar refractivity (Wildman–Crippen MR) is 96.6 cm³/mol. The number of amides is 2. The first kappa shape index (κ1) is 18.9. The summed E-state index contributed by atoms with van der Waals surface area (Å²) in [5.74, 6) is -2.93. The Morgan fingerprint density at radius 2 is 1.75 bits per heavy atom. The lowest BCUT2D eigenvalue weighted by molar-refractivity contribution is -0.144. The number of halogens is 2. The maximum atomic E-state index is 13.6. The second-order valence-corrected chi connectivity index (χ2v) is 8.23. The molecule has 1 aromatic carbocycles. The second-order valence-electron chi connectivity index (χ2n) is 8.23. The molecule has 4 rings (SSSR count). The molecule has 148 valence electrons. The highest BCUT2D eigenvalue weighted by atomic mass is 19.2. The summed E-state index contributed by atoms with van der Waals surface area (Å²) in [6.45, 7) is 0.669. The average Bonchev–Trinajstić information content (AvgIpc) is 3.48. The van der Waals surface area contributed by atoms with Gasteiger partial charge < -0.3 is 10.2 Å². The van der Waals surface area contributed by atoms with Gasteiger partial charge in [-0.2, -0.15) is 5.26 Å². The lowest BCUT2D eigenvalue weighted by Gasteiger charge is -2.36. The highest BCUT2D eigenvalue weighted by Crippen LogP contribution is 2.38. The number of benzene rings is 1. The number of rotatable bonds is 3. The Balaban J connectivity index is 1.48. The average molecular weight is 387 g/mol. The summed E-state index contributed by atoms with van der Waals surface area (Å²) in [6, 6.07) is 4.53. The first-order valence-electron chi connectivity index (χ1n) is 9.91. The monoisotopic (exact) mass is 387 g/mol. The summed E-state index contributed by atoms with van der Waals surface area (Å²) < 4.78 is 27.0. The van der Waals surface area contributed by atoms with Crippen LogP contribution in [0.4, 0.5) is 8.78 Å². The van der Waals surface area contributed by atoms with Gasteiger partial charge in [0.2, 0.25) is 11.8 Å². The van der Waals surface area contributed by atoms with Crippen LogP contribution in [0.25, 0.3) is 0 Å². The highest BCUT2D eigenvalue weighted by Gasteiger charge is 2.47. The SMILES string of the molecule is N#CC1(NC(=O)[C@@H]2CCCC[C@H]2C(=O)N2CCc3cc(F)c(F)cc3C2)CC1. The summed E-state index contributed by atoms with van der Waals surface area (Å²) in [4.78, 5) is 27.6. The van der Waals surface area contributed by atoms with E-state index in [1.807, 2.05) is 0 Å². The van der Waals surface area contributed by atoms with Gasteiger partial charge in [-0.05, 0) is 55.4 Å². The molecule has 2 saturated carbocycles. The molecule has 2 atom stereocenters. The molecular formula is C21H23F2N3O2. The van der Waals surface area contributed by atoms with E-state index in [0.717, 1.165) is 18.4 Å². The maximum Gasteiger partial charge on any atom is 0.226 e. The van der Waals surface area contributed by atoms with Crippen LogP contribution in [-0.4, -0.2) is 28.8 Å². The Morgan fingerprint density at radius 1 is 1.11 bits per heavy atom. The number of carbonyl (C=O) groups excluding carboxylic acids is 2. The fourth-order valence-corrected chi connectivity index (χ4v) is 4.43. The molecule has 1 N–H and O–H groups in total. The molecule has 1 heterocycles. The molecule has 0 unspecified atom stereocenters. The van der Waals surface area contributed by atoms with E-state index in [4.69, 9.17) is 0 Å². The molecule has 7 heteroatoms. The number of nitrogens with zero attached hydrogens (tertiary/aromatic N) is 2. The fourth-order valence-electron chi connectivity index (χ4n) is 4.43. The third-order valence-corrected chi connectivity index (χ3v) is 6.31. The van der Waals surface area contributed by atoms with Gasteiger partial charge in [0, 0.05) is 24.9 Å². The molecule has 3 aliphatic rings. The van der Waals surface area contributed by atoms with Gasteiger partial charge in [0.15, 0.2) is 11.6 Å². The van der Waals surface area contributed by atoms with Gasteiger partial charge >= 0.3 is 0 Å². The number of nitriles is 1. The molecule has 1 aliphatic heterocycles. The molecule has 1 aromatic rings. The zero-order chi connectivity index (χ0) is 19.9. The minimum absolute atomic E-state index is 0.1000. The molecule has 28 heavy (non-hydrogen) atoms. The quantitative estimate of drug-likeness (QED) is 0.867. The van der Waals surface area contributed by atoms with Gasteiger partial charge in [-0.15, -0.1) is 0 Å². The van der Waals surface area contributed by atoms with Gasteiger partial charge in [-0.25, -0.2) is 8.78 Å². The van der Waals surface area contributed by atoms with Gasteiger partial charge in [0.25, 0.3) is 0 Å². The van der Waals surface area contributed by atoms with Crippen molar-refractivity contribution < 1.29 is 18.4 Å². The van der Waals surface area contributed by atoms with E-state index in [9.17, 15) is 23.6 Å². The summed E-state index contributed by atoms with van der Waals surface area (Å²) in [5.41, 5.74) is 0.607. The summed E-state index contributed by atoms with van der Waals surface area (Å²) in [5, 5.41) is 12.1. The molecule has 0 radical (unpaired) electrons. The molecule has 5 nitrogen and oxygen atoms in total. The van der Waals surface area contributed by atoms with E-state index in [0.29, 0.717) is 44.2 Å². The Kier molecular flexibility index (Phi) is 4.82.